The first-order valence-electron chi connectivity index (χ1n) is 8.57. The Kier molecular flexibility index (Phi) is 6.78. The van der Waals surface area contributed by atoms with E-state index >= 15 is 0 Å². The van der Waals surface area contributed by atoms with Crippen LogP contribution in [0.5, 0.6) is 5.75 Å². The highest BCUT2D eigenvalue weighted by molar-refractivity contribution is 5.81. The number of hydrogen-bond acceptors (Lipinski definition) is 4. The zero-order chi connectivity index (χ0) is 19.1. The van der Waals surface area contributed by atoms with Crippen LogP contribution in [-0.4, -0.2) is 25.1 Å². The van der Waals surface area contributed by atoms with Crippen molar-refractivity contribution in [2.24, 2.45) is 0 Å². The number of ether oxygens (including phenoxy) is 2. The van der Waals surface area contributed by atoms with Gasteiger partial charge in [0.15, 0.2) is 13.2 Å². The molecule has 0 saturated heterocycles. The van der Waals surface area contributed by atoms with Crippen molar-refractivity contribution < 1.29 is 19.1 Å². The Morgan fingerprint density at radius 3 is 2.23 bits per heavy atom. The van der Waals surface area contributed by atoms with Crippen LogP contribution in [0.15, 0.2) is 42.5 Å². The van der Waals surface area contributed by atoms with Gasteiger partial charge in [0, 0.05) is 0 Å². The molecule has 2 rings (SSSR count). The lowest BCUT2D eigenvalue weighted by molar-refractivity contribution is -0.150. The summed E-state index contributed by atoms with van der Waals surface area (Å²) < 4.78 is 10.6. The normalized spacial score (nSPS) is 11.5. The van der Waals surface area contributed by atoms with Crippen LogP contribution in [0, 0.1) is 20.8 Å². The van der Waals surface area contributed by atoms with Gasteiger partial charge in [-0.2, -0.15) is 0 Å². The fourth-order valence-electron chi connectivity index (χ4n) is 2.82. The summed E-state index contributed by atoms with van der Waals surface area (Å²) >= 11 is 0. The molecule has 0 spiro atoms. The van der Waals surface area contributed by atoms with E-state index in [1.807, 2.05) is 70.2 Å². The standard InChI is InChI=1S/C21H25NO4/c1-14-10-15(2)21(16(3)11-14)26-13-20(24)25-12-19(23)22-17(4)18-8-6-5-7-9-18/h5-11,17H,12-13H2,1-4H3,(H,22,23)/t17-/m1/s1. The number of hydrogen-bond donors (Lipinski definition) is 1. The van der Waals surface area contributed by atoms with Gasteiger partial charge in [-0.15, -0.1) is 0 Å². The van der Waals surface area contributed by atoms with Crippen molar-refractivity contribution in [2.45, 2.75) is 33.7 Å². The second-order valence-corrected chi connectivity index (χ2v) is 6.38. The average Bonchev–Trinajstić information content (AvgIpc) is 2.59. The molecule has 2 aromatic carbocycles. The van der Waals surface area contributed by atoms with Crippen LogP contribution in [0.4, 0.5) is 0 Å². The van der Waals surface area contributed by atoms with Crippen molar-refractivity contribution in [3.8, 4) is 5.75 Å². The molecule has 1 amide bonds. The van der Waals surface area contributed by atoms with Crippen molar-refractivity contribution in [2.75, 3.05) is 13.2 Å². The highest BCUT2D eigenvalue weighted by Crippen LogP contribution is 2.24. The molecule has 0 unspecified atom stereocenters. The van der Waals surface area contributed by atoms with Gasteiger partial charge in [-0.25, -0.2) is 4.79 Å². The van der Waals surface area contributed by atoms with Crippen molar-refractivity contribution >= 4 is 11.9 Å². The SMILES string of the molecule is Cc1cc(C)c(OCC(=O)OCC(=O)N[C@H](C)c2ccccc2)c(C)c1. The molecule has 0 aliphatic heterocycles. The third kappa shape index (κ3) is 5.62. The molecular weight excluding hydrogens is 330 g/mol. The average molecular weight is 355 g/mol. The Morgan fingerprint density at radius 2 is 1.62 bits per heavy atom. The van der Waals surface area contributed by atoms with E-state index in [0.29, 0.717) is 5.75 Å². The van der Waals surface area contributed by atoms with Gasteiger partial charge in [-0.05, 0) is 44.4 Å². The van der Waals surface area contributed by atoms with Gasteiger partial charge in [-0.1, -0.05) is 48.0 Å². The summed E-state index contributed by atoms with van der Waals surface area (Å²) in [5, 5.41) is 2.79. The van der Waals surface area contributed by atoms with Gasteiger partial charge in [-0.3, -0.25) is 4.79 Å². The van der Waals surface area contributed by atoms with Crippen LogP contribution in [0.25, 0.3) is 0 Å². The molecule has 5 nitrogen and oxygen atoms in total. The van der Waals surface area contributed by atoms with Crippen molar-refractivity contribution in [1.82, 2.24) is 5.32 Å². The van der Waals surface area contributed by atoms with E-state index in [-0.39, 0.29) is 25.2 Å². The lowest BCUT2D eigenvalue weighted by Gasteiger charge is -2.15. The maximum Gasteiger partial charge on any atom is 0.344 e. The first kappa shape index (κ1) is 19.5. The van der Waals surface area contributed by atoms with E-state index in [1.54, 1.807) is 0 Å². The van der Waals surface area contributed by atoms with E-state index in [2.05, 4.69) is 5.32 Å². The summed E-state index contributed by atoms with van der Waals surface area (Å²) in [6, 6.07) is 13.4. The Morgan fingerprint density at radius 1 is 1.00 bits per heavy atom. The first-order chi connectivity index (χ1) is 12.4. The number of carbonyl (C=O) groups is 2. The van der Waals surface area contributed by atoms with Gasteiger partial charge >= 0.3 is 5.97 Å². The van der Waals surface area contributed by atoms with Crippen LogP contribution in [-0.2, 0) is 14.3 Å². The number of benzene rings is 2. The Bertz CT molecular complexity index is 748. The highest BCUT2D eigenvalue weighted by atomic mass is 16.6. The fourth-order valence-corrected chi connectivity index (χ4v) is 2.82. The number of amides is 1. The molecule has 0 aliphatic carbocycles. The summed E-state index contributed by atoms with van der Waals surface area (Å²) in [5.74, 6) is -0.251. The highest BCUT2D eigenvalue weighted by Gasteiger charge is 2.13. The predicted molar refractivity (Wildman–Crippen MR) is 100 cm³/mol. The van der Waals surface area contributed by atoms with Crippen molar-refractivity contribution in [1.29, 1.82) is 0 Å². The van der Waals surface area contributed by atoms with Crippen LogP contribution in [0.1, 0.15) is 35.2 Å². The molecule has 0 heterocycles. The summed E-state index contributed by atoms with van der Waals surface area (Å²) in [4.78, 5) is 23.8. The molecule has 138 valence electrons. The van der Waals surface area contributed by atoms with Crippen molar-refractivity contribution in [3.63, 3.8) is 0 Å². The minimum Gasteiger partial charge on any atom is -0.481 e. The molecule has 0 aliphatic rings. The van der Waals surface area contributed by atoms with Gasteiger partial charge in [0.1, 0.15) is 5.75 Å². The number of carbonyl (C=O) groups excluding carboxylic acids is 2. The smallest absolute Gasteiger partial charge is 0.344 e. The largest absolute Gasteiger partial charge is 0.481 e. The van der Waals surface area contributed by atoms with Gasteiger partial charge in [0.05, 0.1) is 6.04 Å². The minimum atomic E-state index is -0.577. The van der Waals surface area contributed by atoms with E-state index in [4.69, 9.17) is 9.47 Å². The van der Waals surface area contributed by atoms with Gasteiger partial charge in [0.25, 0.3) is 5.91 Å². The van der Waals surface area contributed by atoms with Gasteiger partial charge in [0.2, 0.25) is 0 Å². The minimum absolute atomic E-state index is 0.156. The number of aryl methyl sites for hydroxylation is 3. The van der Waals surface area contributed by atoms with Crippen LogP contribution in [0.3, 0.4) is 0 Å². The second kappa shape index (κ2) is 9.04. The van der Waals surface area contributed by atoms with Crippen LogP contribution >= 0.6 is 0 Å². The molecule has 2 aromatic rings. The second-order valence-electron chi connectivity index (χ2n) is 6.38. The summed E-state index contributed by atoms with van der Waals surface area (Å²) in [7, 11) is 0. The molecule has 0 aromatic heterocycles. The van der Waals surface area contributed by atoms with E-state index < -0.39 is 5.97 Å². The third-order valence-electron chi connectivity index (χ3n) is 3.98. The topological polar surface area (TPSA) is 64.6 Å². The molecule has 0 fully saturated rings. The Hall–Kier alpha value is -2.82. The zero-order valence-corrected chi connectivity index (χ0v) is 15.7. The molecule has 0 bridgehead atoms. The van der Waals surface area contributed by atoms with E-state index in [9.17, 15) is 9.59 Å². The summed E-state index contributed by atoms with van der Waals surface area (Å²) in [6.45, 7) is 7.18. The number of esters is 1. The van der Waals surface area contributed by atoms with Crippen LogP contribution < -0.4 is 10.1 Å². The summed E-state index contributed by atoms with van der Waals surface area (Å²) in [5.41, 5.74) is 4.05. The summed E-state index contributed by atoms with van der Waals surface area (Å²) in [6.07, 6.45) is 0. The Balaban J connectivity index is 1.77. The van der Waals surface area contributed by atoms with Crippen LogP contribution in [0.2, 0.25) is 0 Å². The zero-order valence-electron chi connectivity index (χ0n) is 15.7. The molecule has 0 radical (unpaired) electrons. The van der Waals surface area contributed by atoms with E-state index in [0.717, 1.165) is 22.3 Å². The number of nitrogens with one attached hydrogen (secondary N) is 1. The van der Waals surface area contributed by atoms with E-state index in [1.165, 1.54) is 0 Å². The maximum absolute atomic E-state index is 11.9. The molecule has 1 N–H and O–H groups in total. The monoisotopic (exact) mass is 355 g/mol. The number of rotatable bonds is 7. The lowest BCUT2D eigenvalue weighted by atomic mass is 10.1. The molecule has 5 heteroatoms. The molecule has 1 atom stereocenters. The molecule has 26 heavy (non-hydrogen) atoms. The predicted octanol–water partition coefficient (Wildman–Crippen LogP) is 3.41. The molecular formula is C21H25NO4. The third-order valence-corrected chi connectivity index (χ3v) is 3.98. The fraction of sp³-hybridized carbons (Fsp3) is 0.333. The maximum atomic E-state index is 11.9. The lowest BCUT2D eigenvalue weighted by Crippen LogP contribution is -2.32. The molecule has 0 saturated carbocycles. The van der Waals surface area contributed by atoms with Gasteiger partial charge < -0.3 is 14.8 Å². The quantitative estimate of drug-likeness (QED) is 0.773. The Labute approximate surface area is 154 Å². The first-order valence-corrected chi connectivity index (χ1v) is 8.57. The van der Waals surface area contributed by atoms with Crippen molar-refractivity contribution in [3.05, 3.63) is 64.7 Å².